The van der Waals surface area contributed by atoms with E-state index in [-0.39, 0.29) is 11.0 Å². The van der Waals surface area contributed by atoms with Gasteiger partial charge in [-0.15, -0.1) is 6.58 Å². The fraction of sp³-hybridized carbons (Fsp3) is 0.857. The summed E-state index contributed by atoms with van der Waals surface area (Å²) in [5.41, 5.74) is 0.494. The summed E-state index contributed by atoms with van der Waals surface area (Å²) >= 11 is 0. The molecule has 1 heteroatoms. The minimum atomic E-state index is 0.219. The van der Waals surface area contributed by atoms with Gasteiger partial charge in [-0.2, -0.15) is 0 Å². The normalized spacial score (nSPS) is 16.1. The van der Waals surface area contributed by atoms with Crippen molar-refractivity contribution >= 4 is 0 Å². The fourth-order valence-corrected chi connectivity index (χ4v) is 1.97. The molecule has 0 heterocycles. The quantitative estimate of drug-likeness (QED) is 0.470. The summed E-state index contributed by atoms with van der Waals surface area (Å²) < 4.78 is 0. The molecule has 15 heavy (non-hydrogen) atoms. The summed E-state index contributed by atoms with van der Waals surface area (Å²) in [5.74, 6) is 0. The molecule has 0 aromatic carbocycles. The maximum absolute atomic E-state index is 3.86. The topological polar surface area (TPSA) is 12.0 Å². The number of hydrogen-bond donors (Lipinski definition) is 1. The van der Waals surface area contributed by atoms with Crippen LogP contribution in [0.3, 0.4) is 0 Å². The molecule has 0 aliphatic heterocycles. The molecule has 0 amide bonds. The molecule has 1 nitrogen and oxygen atoms in total. The van der Waals surface area contributed by atoms with Crippen molar-refractivity contribution in [2.24, 2.45) is 5.41 Å². The van der Waals surface area contributed by atoms with Crippen LogP contribution in [0.5, 0.6) is 0 Å². The minimum absolute atomic E-state index is 0.219. The van der Waals surface area contributed by atoms with Gasteiger partial charge in [-0.25, -0.2) is 0 Å². The summed E-state index contributed by atoms with van der Waals surface area (Å²) in [4.78, 5) is 0. The van der Waals surface area contributed by atoms with Crippen LogP contribution in [0.25, 0.3) is 0 Å². The van der Waals surface area contributed by atoms with Crippen molar-refractivity contribution in [2.45, 2.75) is 65.8 Å². The molecule has 0 radical (unpaired) electrons. The molecule has 0 aromatic rings. The maximum atomic E-state index is 3.86. The monoisotopic (exact) mass is 211 g/mol. The Bertz CT molecular complexity index is 184. The van der Waals surface area contributed by atoms with E-state index in [4.69, 9.17) is 0 Å². The standard InChI is InChI=1S/C14H29N/c1-7-10-12-15-14(6,9-3)13(4,5)11-8-2/h8,15H,2,7,9-12H2,1,3-6H3. The smallest absolute Gasteiger partial charge is 0.0204 e. The fourth-order valence-electron chi connectivity index (χ4n) is 1.97. The molecule has 0 aliphatic carbocycles. The van der Waals surface area contributed by atoms with E-state index in [1.54, 1.807) is 0 Å². The van der Waals surface area contributed by atoms with E-state index in [0.29, 0.717) is 0 Å². The van der Waals surface area contributed by atoms with Gasteiger partial charge in [0.25, 0.3) is 0 Å². The van der Waals surface area contributed by atoms with Crippen LogP contribution in [0.2, 0.25) is 0 Å². The van der Waals surface area contributed by atoms with E-state index in [2.05, 4.69) is 46.5 Å². The first-order valence-corrected chi connectivity index (χ1v) is 6.29. The number of unbranched alkanes of at least 4 members (excludes halogenated alkanes) is 1. The van der Waals surface area contributed by atoms with Crippen molar-refractivity contribution in [1.29, 1.82) is 0 Å². The second-order valence-electron chi connectivity index (χ2n) is 5.34. The lowest BCUT2D eigenvalue weighted by Crippen LogP contribution is -2.53. The predicted molar refractivity (Wildman–Crippen MR) is 70.2 cm³/mol. The summed E-state index contributed by atoms with van der Waals surface area (Å²) in [7, 11) is 0. The molecule has 0 fully saturated rings. The number of nitrogens with one attached hydrogen (secondary N) is 1. The first kappa shape index (κ1) is 14.7. The summed E-state index contributed by atoms with van der Waals surface area (Å²) in [6, 6.07) is 0. The molecular formula is C14H29N. The van der Waals surface area contributed by atoms with E-state index in [9.17, 15) is 0 Å². The van der Waals surface area contributed by atoms with Crippen LogP contribution in [-0.2, 0) is 0 Å². The van der Waals surface area contributed by atoms with Crippen LogP contribution in [0, 0.1) is 5.41 Å². The van der Waals surface area contributed by atoms with Gasteiger partial charge in [0.1, 0.15) is 0 Å². The van der Waals surface area contributed by atoms with Gasteiger partial charge in [0.2, 0.25) is 0 Å². The Morgan fingerprint density at radius 1 is 1.20 bits per heavy atom. The van der Waals surface area contributed by atoms with Crippen molar-refractivity contribution in [2.75, 3.05) is 6.54 Å². The Morgan fingerprint density at radius 2 is 1.80 bits per heavy atom. The highest BCUT2D eigenvalue weighted by Gasteiger charge is 2.37. The lowest BCUT2D eigenvalue weighted by molar-refractivity contribution is 0.132. The molecule has 1 unspecified atom stereocenters. The Balaban J connectivity index is 4.45. The third-order valence-electron chi connectivity index (χ3n) is 3.90. The zero-order chi connectivity index (χ0) is 11.9. The first-order chi connectivity index (χ1) is 6.93. The van der Waals surface area contributed by atoms with Gasteiger partial charge < -0.3 is 5.32 Å². The third-order valence-corrected chi connectivity index (χ3v) is 3.90. The maximum Gasteiger partial charge on any atom is 0.0204 e. The van der Waals surface area contributed by atoms with Crippen molar-refractivity contribution in [3.05, 3.63) is 12.7 Å². The van der Waals surface area contributed by atoms with Gasteiger partial charge in [0.05, 0.1) is 0 Å². The van der Waals surface area contributed by atoms with Crippen LogP contribution < -0.4 is 5.32 Å². The molecule has 90 valence electrons. The van der Waals surface area contributed by atoms with Gasteiger partial charge in [0.15, 0.2) is 0 Å². The molecule has 1 atom stereocenters. The van der Waals surface area contributed by atoms with E-state index in [1.807, 2.05) is 6.08 Å². The van der Waals surface area contributed by atoms with Crippen LogP contribution >= 0.6 is 0 Å². The van der Waals surface area contributed by atoms with Gasteiger partial charge in [-0.3, -0.25) is 0 Å². The molecule has 0 aliphatic rings. The molecule has 0 saturated heterocycles. The zero-order valence-corrected chi connectivity index (χ0v) is 11.3. The van der Waals surface area contributed by atoms with E-state index in [0.717, 1.165) is 19.4 Å². The second-order valence-corrected chi connectivity index (χ2v) is 5.34. The molecule has 0 bridgehead atoms. The molecule has 0 aromatic heterocycles. The Morgan fingerprint density at radius 3 is 2.20 bits per heavy atom. The highest BCUT2D eigenvalue weighted by atomic mass is 15.0. The molecule has 1 N–H and O–H groups in total. The predicted octanol–water partition coefficient (Wildman–Crippen LogP) is 4.15. The Kier molecular flexibility index (Phi) is 6.19. The highest BCUT2D eigenvalue weighted by Crippen LogP contribution is 2.36. The lowest BCUT2D eigenvalue weighted by Gasteiger charge is -2.44. The highest BCUT2D eigenvalue weighted by molar-refractivity contribution is 4.98. The number of rotatable bonds is 8. The van der Waals surface area contributed by atoms with Crippen LogP contribution in [0.4, 0.5) is 0 Å². The summed E-state index contributed by atoms with van der Waals surface area (Å²) in [6.45, 7) is 16.5. The Hall–Kier alpha value is -0.300. The number of allylic oxidation sites excluding steroid dienone is 1. The molecule has 0 saturated carbocycles. The van der Waals surface area contributed by atoms with Crippen molar-refractivity contribution in [3.63, 3.8) is 0 Å². The van der Waals surface area contributed by atoms with Crippen molar-refractivity contribution < 1.29 is 0 Å². The second kappa shape index (κ2) is 6.32. The van der Waals surface area contributed by atoms with Crippen LogP contribution in [0.1, 0.15) is 60.3 Å². The molecule has 0 rings (SSSR count). The average molecular weight is 211 g/mol. The molecule has 0 spiro atoms. The molecular weight excluding hydrogens is 182 g/mol. The largest absolute Gasteiger partial charge is 0.311 e. The third kappa shape index (κ3) is 3.98. The van der Waals surface area contributed by atoms with Crippen LogP contribution in [0.15, 0.2) is 12.7 Å². The van der Waals surface area contributed by atoms with E-state index >= 15 is 0 Å². The average Bonchev–Trinajstić information content (AvgIpc) is 2.17. The summed E-state index contributed by atoms with van der Waals surface area (Å²) in [6.07, 6.45) is 6.79. The SMILES string of the molecule is C=CCC(C)(C)C(C)(CC)NCCCC. The zero-order valence-electron chi connectivity index (χ0n) is 11.3. The van der Waals surface area contributed by atoms with E-state index < -0.39 is 0 Å². The summed E-state index contributed by atoms with van der Waals surface area (Å²) in [5, 5.41) is 3.72. The minimum Gasteiger partial charge on any atom is -0.311 e. The van der Waals surface area contributed by atoms with Crippen molar-refractivity contribution in [3.8, 4) is 0 Å². The van der Waals surface area contributed by atoms with Crippen molar-refractivity contribution in [1.82, 2.24) is 5.32 Å². The first-order valence-electron chi connectivity index (χ1n) is 6.29. The number of hydrogen-bond acceptors (Lipinski definition) is 1. The lowest BCUT2D eigenvalue weighted by atomic mass is 9.69. The van der Waals surface area contributed by atoms with E-state index in [1.165, 1.54) is 12.8 Å². The van der Waals surface area contributed by atoms with Gasteiger partial charge in [-0.05, 0) is 38.1 Å². The van der Waals surface area contributed by atoms with Gasteiger partial charge in [0, 0.05) is 5.54 Å². The van der Waals surface area contributed by atoms with Crippen LogP contribution in [-0.4, -0.2) is 12.1 Å². The van der Waals surface area contributed by atoms with Gasteiger partial charge in [-0.1, -0.05) is 40.2 Å². The van der Waals surface area contributed by atoms with Gasteiger partial charge >= 0.3 is 0 Å². The Labute approximate surface area is 96.3 Å².